The molecule has 1 N–H and O–H groups in total. The maximum atomic E-state index is 14.1. The van der Waals surface area contributed by atoms with Gasteiger partial charge >= 0.3 is 11.9 Å². The Morgan fingerprint density at radius 3 is 1.61 bits per heavy atom. The van der Waals surface area contributed by atoms with Crippen LogP contribution in [0.3, 0.4) is 0 Å². The lowest BCUT2D eigenvalue weighted by Gasteiger charge is -2.39. The number of rotatable bonds is 10. The zero-order chi connectivity index (χ0) is 41.3. The highest BCUT2D eigenvalue weighted by molar-refractivity contribution is 6.30. The van der Waals surface area contributed by atoms with Crippen molar-refractivity contribution in [1.82, 2.24) is 5.32 Å². The van der Waals surface area contributed by atoms with E-state index in [0.717, 1.165) is 11.4 Å². The maximum absolute atomic E-state index is 14.1. The Hall–Kier alpha value is -4.70. The minimum absolute atomic E-state index is 0.0966. The second-order valence-corrected chi connectivity index (χ2v) is 16.4. The largest absolute Gasteiger partial charge is 0.459 e. The van der Waals surface area contributed by atoms with E-state index in [4.69, 9.17) is 51.6 Å². The zero-order valence-electron chi connectivity index (χ0n) is 32.8. The highest BCUT2D eigenvalue weighted by Gasteiger charge is 2.47. The smallest absolute Gasteiger partial charge is 0.336 e. The number of carbonyl (C=O) groups excluding carboxylic acids is 2. The molecule has 4 saturated heterocycles. The van der Waals surface area contributed by atoms with Gasteiger partial charge < -0.3 is 43.5 Å². The third-order valence-electron chi connectivity index (χ3n) is 11.7. The van der Waals surface area contributed by atoms with Gasteiger partial charge in [-0.25, -0.2) is 9.59 Å². The molecular formula is C43H46Cl2N4O10. The van der Waals surface area contributed by atoms with Crippen molar-refractivity contribution in [1.29, 1.82) is 0 Å². The topological polar surface area (TPSA) is 151 Å². The molecule has 0 radical (unpaired) electrons. The van der Waals surface area contributed by atoms with E-state index in [2.05, 4.69) is 15.1 Å². The lowest BCUT2D eigenvalue weighted by molar-refractivity contribution is -0.384. The van der Waals surface area contributed by atoms with Crippen LogP contribution in [0.5, 0.6) is 0 Å². The lowest BCUT2D eigenvalue weighted by Crippen LogP contribution is -2.45. The number of nitro benzene ring substituents is 1. The summed E-state index contributed by atoms with van der Waals surface area (Å²) in [5.41, 5.74) is 3.44. The number of piperidine rings is 2. The molecule has 14 nitrogen and oxygen atoms in total. The maximum Gasteiger partial charge on any atom is 0.336 e. The Balaban J connectivity index is 0.915. The number of nitro groups is 1. The minimum atomic E-state index is -1.04. The van der Waals surface area contributed by atoms with Gasteiger partial charge in [0.2, 0.25) is 0 Å². The van der Waals surface area contributed by atoms with E-state index in [0.29, 0.717) is 78.9 Å². The van der Waals surface area contributed by atoms with Gasteiger partial charge in [0.1, 0.15) is 25.4 Å². The summed E-state index contributed by atoms with van der Waals surface area (Å²) < 4.78 is 36.9. The second kappa shape index (κ2) is 17.1. The Bertz CT molecular complexity index is 2010. The number of nitrogens with one attached hydrogen (secondary N) is 1. The third-order valence-corrected chi connectivity index (χ3v) is 12.2. The van der Waals surface area contributed by atoms with Crippen LogP contribution in [0.1, 0.15) is 51.0 Å². The molecule has 5 heterocycles. The van der Waals surface area contributed by atoms with Gasteiger partial charge in [-0.3, -0.25) is 10.1 Å². The second-order valence-electron chi connectivity index (χ2n) is 15.5. The number of halogens is 2. The van der Waals surface area contributed by atoms with Gasteiger partial charge in [-0.1, -0.05) is 35.3 Å². The van der Waals surface area contributed by atoms with Crippen LogP contribution in [0.25, 0.3) is 0 Å². The summed E-state index contributed by atoms with van der Waals surface area (Å²) in [6.45, 7) is 6.55. The third kappa shape index (κ3) is 8.93. The first-order valence-electron chi connectivity index (χ1n) is 19.8. The zero-order valence-corrected chi connectivity index (χ0v) is 34.3. The molecule has 312 valence electrons. The molecule has 16 heteroatoms. The van der Waals surface area contributed by atoms with Crippen molar-refractivity contribution in [3.63, 3.8) is 0 Å². The molecule has 3 aromatic carbocycles. The SMILES string of the molecule is CC1=C(C(=O)OCC2COC3(CCN(c4ccc(Cl)cc4)CC3)O2)C(c2cccc([N+](=O)[O-])c2)C(C(=O)OCC2COC3(CCN(c4ccc(Cl)cc4)CC3)O2)=C(C)N1. The van der Waals surface area contributed by atoms with Crippen LogP contribution < -0.4 is 15.1 Å². The Kier molecular flexibility index (Phi) is 11.9. The van der Waals surface area contributed by atoms with Crippen LogP contribution in [0.15, 0.2) is 95.3 Å². The van der Waals surface area contributed by atoms with E-state index in [-0.39, 0.29) is 43.3 Å². The van der Waals surface area contributed by atoms with Crippen LogP contribution in [-0.2, 0) is 38.0 Å². The number of carbonyl (C=O) groups is 2. The molecule has 8 rings (SSSR count). The molecule has 4 fully saturated rings. The molecule has 0 saturated carbocycles. The van der Waals surface area contributed by atoms with E-state index >= 15 is 0 Å². The Labute approximate surface area is 352 Å². The number of anilines is 2. The normalized spacial score (nSPS) is 23.8. The van der Waals surface area contributed by atoms with E-state index < -0.39 is 46.6 Å². The Morgan fingerprint density at radius 1 is 0.746 bits per heavy atom. The van der Waals surface area contributed by atoms with E-state index in [1.54, 1.807) is 19.9 Å². The highest BCUT2D eigenvalue weighted by atomic mass is 35.5. The molecule has 59 heavy (non-hydrogen) atoms. The summed E-state index contributed by atoms with van der Waals surface area (Å²) in [7, 11) is 0. The van der Waals surface area contributed by atoms with Crippen LogP contribution >= 0.6 is 23.2 Å². The summed E-state index contributed by atoms with van der Waals surface area (Å²) in [6, 6.07) is 21.3. The highest BCUT2D eigenvalue weighted by Crippen LogP contribution is 2.42. The predicted octanol–water partition coefficient (Wildman–Crippen LogP) is 7.05. The number of nitrogens with zero attached hydrogens (tertiary/aromatic N) is 3. The van der Waals surface area contributed by atoms with Crippen molar-refractivity contribution in [3.05, 3.63) is 121 Å². The van der Waals surface area contributed by atoms with Gasteiger partial charge in [-0.15, -0.1) is 0 Å². The molecule has 5 aliphatic heterocycles. The number of dihydropyridines is 1. The molecule has 0 aliphatic carbocycles. The molecule has 2 spiro atoms. The van der Waals surface area contributed by atoms with Crippen molar-refractivity contribution in [2.45, 2.75) is 69.2 Å². The summed E-state index contributed by atoms with van der Waals surface area (Å²) in [4.78, 5) is 44.1. The average molecular weight is 850 g/mol. The van der Waals surface area contributed by atoms with E-state index in [9.17, 15) is 19.7 Å². The molecule has 3 aromatic rings. The van der Waals surface area contributed by atoms with Crippen molar-refractivity contribution in [3.8, 4) is 0 Å². The Morgan fingerprint density at radius 2 is 1.19 bits per heavy atom. The fourth-order valence-corrected chi connectivity index (χ4v) is 8.87. The standard InChI is InChI=1S/C43H46Cl2N4O10/c1-27-37(40(50)54-23-35-25-56-42(58-35)14-18-47(19-15-42)32-10-6-30(44)7-11-32)39(29-4-3-5-34(22-29)49(52)53)38(28(2)46-27)41(51)55-24-36-26-57-43(59-36)16-20-48(21-17-43)33-12-8-31(45)9-13-33/h3-13,22,35-36,39,46H,14-21,23-26H2,1-2H3. The average Bonchev–Trinajstić information content (AvgIpc) is 3.83. The van der Waals surface area contributed by atoms with Gasteiger partial charge in [0.15, 0.2) is 11.6 Å². The first kappa shape index (κ1) is 41.1. The van der Waals surface area contributed by atoms with Crippen LogP contribution in [0.4, 0.5) is 17.1 Å². The molecule has 0 amide bonds. The molecule has 0 aromatic heterocycles. The number of benzene rings is 3. The molecule has 2 unspecified atom stereocenters. The minimum Gasteiger partial charge on any atom is -0.459 e. The molecule has 2 atom stereocenters. The van der Waals surface area contributed by atoms with Gasteiger partial charge in [0, 0.05) is 96.8 Å². The van der Waals surface area contributed by atoms with Crippen molar-refractivity contribution >= 4 is 52.2 Å². The monoisotopic (exact) mass is 848 g/mol. The number of hydrogen-bond donors (Lipinski definition) is 1. The van der Waals surface area contributed by atoms with Crippen molar-refractivity contribution < 1.29 is 42.9 Å². The number of esters is 2. The first-order chi connectivity index (χ1) is 28.4. The van der Waals surface area contributed by atoms with Gasteiger partial charge in [0.25, 0.3) is 5.69 Å². The van der Waals surface area contributed by atoms with Gasteiger partial charge in [-0.2, -0.15) is 0 Å². The van der Waals surface area contributed by atoms with Gasteiger partial charge in [-0.05, 0) is 67.9 Å². The van der Waals surface area contributed by atoms with Crippen molar-refractivity contribution in [2.24, 2.45) is 0 Å². The van der Waals surface area contributed by atoms with Crippen molar-refractivity contribution in [2.75, 3.05) is 62.4 Å². The number of non-ortho nitro benzene ring substituents is 1. The van der Waals surface area contributed by atoms with Crippen LogP contribution in [0.2, 0.25) is 10.0 Å². The lowest BCUT2D eigenvalue weighted by atomic mass is 9.80. The number of hydrogen-bond acceptors (Lipinski definition) is 13. The summed E-state index contributed by atoms with van der Waals surface area (Å²) in [5.74, 6) is -4.01. The van der Waals surface area contributed by atoms with Gasteiger partial charge in [0.05, 0.1) is 35.2 Å². The quantitative estimate of drug-likeness (QED) is 0.126. The predicted molar refractivity (Wildman–Crippen MR) is 219 cm³/mol. The number of allylic oxidation sites excluding steroid dienone is 2. The van der Waals surface area contributed by atoms with Crippen LogP contribution in [0, 0.1) is 10.1 Å². The molecular weight excluding hydrogens is 803 g/mol. The van der Waals surface area contributed by atoms with Crippen LogP contribution in [-0.4, -0.2) is 93.3 Å². The number of ether oxygens (including phenoxy) is 6. The van der Waals surface area contributed by atoms with E-state index in [1.807, 2.05) is 48.5 Å². The fraction of sp³-hybridized carbons (Fsp3) is 0.442. The fourth-order valence-electron chi connectivity index (χ4n) is 8.62. The summed E-state index contributed by atoms with van der Waals surface area (Å²) in [6.07, 6.45) is 1.47. The first-order valence-corrected chi connectivity index (χ1v) is 20.6. The molecule has 0 bridgehead atoms. The van der Waals surface area contributed by atoms with E-state index in [1.165, 1.54) is 18.2 Å². The summed E-state index contributed by atoms with van der Waals surface area (Å²) >= 11 is 12.2. The molecule has 5 aliphatic rings. The summed E-state index contributed by atoms with van der Waals surface area (Å²) in [5, 5.41) is 16.4.